The molecule has 0 N–H and O–H groups in total. The van der Waals surface area contributed by atoms with Crippen molar-refractivity contribution >= 4 is 28.7 Å². The second-order valence-electron chi connectivity index (χ2n) is 2.26. The van der Waals surface area contributed by atoms with E-state index in [1.807, 2.05) is 5.38 Å². The van der Waals surface area contributed by atoms with Crippen molar-refractivity contribution in [2.75, 3.05) is 13.7 Å². The molecule has 0 saturated heterocycles. The molecule has 0 amide bonds. The van der Waals surface area contributed by atoms with Crippen molar-refractivity contribution in [3.05, 3.63) is 21.3 Å². The Bertz CT molecular complexity index is 270. The normalized spacial score (nSPS) is 10.2. The van der Waals surface area contributed by atoms with Crippen LogP contribution in [-0.4, -0.2) is 19.5 Å². The van der Waals surface area contributed by atoms with Crippen LogP contribution in [0.4, 0.5) is 0 Å². The summed E-state index contributed by atoms with van der Waals surface area (Å²) in [4.78, 5) is 12.0. The van der Waals surface area contributed by atoms with Gasteiger partial charge in [-0.15, -0.1) is 11.3 Å². The first-order valence-corrected chi connectivity index (χ1v) is 4.76. The number of carbonyl (C=O) groups excluding carboxylic acids is 1. The van der Waals surface area contributed by atoms with Gasteiger partial charge in [0.15, 0.2) is 5.78 Å². The molecule has 1 rings (SSSR count). The molecule has 0 atom stereocenters. The Labute approximate surface area is 80.1 Å². The molecule has 1 aromatic heterocycles. The summed E-state index contributed by atoms with van der Waals surface area (Å²) in [6, 6.07) is 1.73. The first-order chi connectivity index (χ1) is 5.75. The Morgan fingerprint density at radius 1 is 1.75 bits per heavy atom. The molecule has 1 heterocycles. The lowest BCUT2D eigenvalue weighted by atomic mass is 10.2. The number of ketones is 1. The van der Waals surface area contributed by atoms with Crippen LogP contribution in [0.25, 0.3) is 0 Å². The van der Waals surface area contributed by atoms with E-state index in [0.717, 1.165) is 0 Å². The molecule has 0 aliphatic carbocycles. The Morgan fingerprint density at radius 3 is 3.00 bits per heavy atom. The van der Waals surface area contributed by atoms with E-state index in [0.29, 0.717) is 22.9 Å². The van der Waals surface area contributed by atoms with Gasteiger partial charge in [0.2, 0.25) is 0 Å². The number of ether oxygens (including phenoxy) is 1. The second kappa shape index (κ2) is 4.60. The van der Waals surface area contributed by atoms with Crippen LogP contribution >= 0.6 is 22.9 Å². The molecule has 0 aliphatic heterocycles. The Balaban J connectivity index is 2.59. The summed E-state index contributed by atoms with van der Waals surface area (Å²) < 4.78 is 4.79. The van der Waals surface area contributed by atoms with E-state index in [-0.39, 0.29) is 5.78 Å². The number of hydrogen-bond acceptors (Lipinski definition) is 3. The molecule has 0 aliphatic rings. The minimum atomic E-state index is 0.0526. The number of halogens is 1. The highest BCUT2D eigenvalue weighted by Crippen LogP contribution is 2.23. The van der Waals surface area contributed by atoms with Crippen LogP contribution in [0.2, 0.25) is 5.02 Å². The van der Waals surface area contributed by atoms with Gasteiger partial charge in [-0.25, -0.2) is 0 Å². The largest absolute Gasteiger partial charge is 0.384 e. The average Bonchev–Trinajstić information content (AvgIpc) is 2.47. The summed E-state index contributed by atoms with van der Waals surface area (Å²) in [7, 11) is 1.57. The predicted molar refractivity (Wildman–Crippen MR) is 50.2 cm³/mol. The molecule has 0 radical (unpaired) electrons. The Hall–Kier alpha value is -0.380. The summed E-state index contributed by atoms with van der Waals surface area (Å²) in [6.07, 6.45) is 0.400. The summed E-state index contributed by atoms with van der Waals surface area (Å²) in [5.74, 6) is 0.0526. The number of hydrogen-bond donors (Lipinski definition) is 0. The van der Waals surface area contributed by atoms with Gasteiger partial charge in [-0.2, -0.15) is 0 Å². The number of thiophene rings is 1. The van der Waals surface area contributed by atoms with Crippen molar-refractivity contribution in [1.29, 1.82) is 0 Å². The molecule has 0 spiro atoms. The number of carbonyl (C=O) groups is 1. The highest BCUT2D eigenvalue weighted by atomic mass is 35.5. The maximum absolute atomic E-state index is 11.3. The number of Topliss-reactive ketones (excluding diaryl/α,β-unsaturated/α-hetero) is 1. The van der Waals surface area contributed by atoms with Crippen LogP contribution in [0.1, 0.15) is 16.1 Å². The Morgan fingerprint density at radius 2 is 2.50 bits per heavy atom. The van der Waals surface area contributed by atoms with Gasteiger partial charge >= 0.3 is 0 Å². The van der Waals surface area contributed by atoms with Gasteiger partial charge in [0.1, 0.15) is 0 Å². The smallest absolute Gasteiger partial charge is 0.176 e. The highest BCUT2D eigenvalue weighted by Gasteiger charge is 2.10. The van der Waals surface area contributed by atoms with Crippen molar-refractivity contribution in [3.8, 4) is 0 Å². The van der Waals surface area contributed by atoms with Gasteiger partial charge in [0.05, 0.1) is 16.5 Å². The summed E-state index contributed by atoms with van der Waals surface area (Å²) in [5, 5.41) is 2.35. The molecule has 0 fully saturated rings. The zero-order valence-electron chi connectivity index (χ0n) is 6.67. The fourth-order valence-corrected chi connectivity index (χ4v) is 1.93. The van der Waals surface area contributed by atoms with E-state index in [2.05, 4.69) is 0 Å². The van der Waals surface area contributed by atoms with E-state index in [1.54, 1.807) is 13.2 Å². The van der Waals surface area contributed by atoms with Crippen LogP contribution < -0.4 is 0 Å². The average molecular weight is 205 g/mol. The minimum absolute atomic E-state index is 0.0526. The lowest BCUT2D eigenvalue weighted by molar-refractivity contribution is 0.0936. The van der Waals surface area contributed by atoms with Gasteiger partial charge < -0.3 is 4.74 Å². The monoisotopic (exact) mass is 204 g/mol. The number of methoxy groups -OCH3 is 1. The molecule has 66 valence electrons. The topological polar surface area (TPSA) is 26.3 Å². The molecule has 4 heteroatoms. The zero-order valence-corrected chi connectivity index (χ0v) is 8.24. The molecule has 1 aromatic rings. The molecule has 0 bridgehead atoms. The van der Waals surface area contributed by atoms with E-state index < -0.39 is 0 Å². The third kappa shape index (κ3) is 2.30. The van der Waals surface area contributed by atoms with Gasteiger partial charge in [-0.1, -0.05) is 11.6 Å². The summed E-state index contributed by atoms with van der Waals surface area (Å²) >= 11 is 7.13. The predicted octanol–water partition coefficient (Wildman–Crippen LogP) is 2.62. The van der Waals surface area contributed by atoms with Gasteiger partial charge in [-0.3, -0.25) is 4.79 Å². The van der Waals surface area contributed by atoms with Gasteiger partial charge in [0, 0.05) is 13.5 Å². The first kappa shape index (κ1) is 9.71. The molecule has 2 nitrogen and oxygen atoms in total. The Kier molecular flexibility index (Phi) is 3.72. The number of rotatable bonds is 4. The van der Waals surface area contributed by atoms with Gasteiger partial charge in [-0.05, 0) is 11.4 Å². The van der Waals surface area contributed by atoms with E-state index in [4.69, 9.17) is 16.3 Å². The van der Waals surface area contributed by atoms with Gasteiger partial charge in [0.25, 0.3) is 0 Å². The molecular weight excluding hydrogens is 196 g/mol. The minimum Gasteiger partial charge on any atom is -0.384 e. The van der Waals surface area contributed by atoms with Crippen LogP contribution in [-0.2, 0) is 4.74 Å². The van der Waals surface area contributed by atoms with Crippen LogP contribution in [0.5, 0.6) is 0 Å². The van der Waals surface area contributed by atoms with Crippen LogP contribution in [0.15, 0.2) is 11.4 Å². The fourth-order valence-electron chi connectivity index (χ4n) is 0.801. The maximum Gasteiger partial charge on any atom is 0.176 e. The quantitative estimate of drug-likeness (QED) is 0.705. The summed E-state index contributed by atoms with van der Waals surface area (Å²) in [5.41, 5.74) is 0. The molecule has 0 aromatic carbocycles. The van der Waals surface area contributed by atoms with Crippen molar-refractivity contribution in [2.45, 2.75) is 6.42 Å². The van der Waals surface area contributed by atoms with E-state index in [1.165, 1.54) is 11.3 Å². The van der Waals surface area contributed by atoms with Crippen LogP contribution in [0, 0.1) is 0 Å². The molecular formula is C8H9ClO2S. The lowest BCUT2D eigenvalue weighted by Crippen LogP contribution is -2.01. The molecule has 0 unspecified atom stereocenters. The van der Waals surface area contributed by atoms with Crippen molar-refractivity contribution in [1.82, 2.24) is 0 Å². The van der Waals surface area contributed by atoms with Crippen LogP contribution in [0.3, 0.4) is 0 Å². The van der Waals surface area contributed by atoms with E-state index in [9.17, 15) is 4.79 Å². The summed E-state index contributed by atoms with van der Waals surface area (Å²) in [6.45, 7) is 0.451. The third-order valence-electron chi connectivity index (χ3n) is 1.40. The highest BCUT2D eigenvalue weighted by molar-refractivity contribution is 7.12. The lowest BCUT2D eigenvalue weighted by Gasteiger charge is -1.96. The van der Waals surface area contributed by atoms with Crippen molar-refractivity contribution < 1.29 is 9.53 Å². The maximum atomic E-state index is 11.3. The fraction of sp³-hybridized carbons (Fsp3) is 0.375. The van der Waals surface area contributed by atoms with E-state index >= 15 is 0 Å². The third-order valence-corrected chi connectivity index (χ3v) is 2.79. The zero-order chi connectivity index (χ0) is 8.97. The SMILES string of the molecule is COCCC(=O)c1sccc1Cl. The standard InChI is InChI=1S/C8H9ClO2S/c1-11-4-2-7(10)8-6(9)3-5-12-8/h3,5H,2,4H2,1H3. The second-order valence-corrected chi connectivity index (χ2v) is 3.59. The molecule has 12 heavy (non-hydrogen) atoms. The first-order valence-electron chi connectivity index (χ1n) is 3.51. The van der Waals surface area contributed by atoms with Crippen molar-refractivity contribution in [3.63, 3.8) is 0 Å². The molecule has 0 saturated carbocycles. The van der Waals surface area contributed by atoms with Crippen molar-refractivity contribution in [2.24, 2.45) is 0 Å².